The fourth-order valence-electron chi connectivity index (χ4n) is 3.12. The highest BCUT2D eigenvalue weighted by molar-refractivity contribution is 5.82. The van der Waals surface area contributed by atoms with Gasteiger partial charge in [-0.05, 0) is 31.7 Å². The number of hydrogen-bond donors (Lipinski definition) is 2. The molecule has 0 spiro atoms. The maximum atomic E-state index is 12.6. The first kappa shape index (κ1) is 15.3. The molecule has 0 saturated carbocycles. The number of hydrogen-bond acceptors (Lipinski definition) is 4. The summed E-state index contributed by atoms with van der Waals surface area (Å²) in [5.41, 5.74) is 0. The van der Waals surface area contributed by atoms with Crippen LogP contribution < -0.4 is 5.32 Å². The van der Waals surface area contributed by atoms with Crippen LogP contribution in [0.3, 0.4) is 0 Å². The van der Waals surface area contributed by atoms with Crippen LogP contribution in [0.15, 0.2) is 0 Å². The van der Waals surface area contributed by atoms with Gasteiger partial charge in [-0.25, -0.2) is 0 Å². The molecule has 0 aromatic carbocycles. The molecule has 2 fully saturated rings. The summed E-state index contributed by atoms with van der Waals surface area (Å²) < 4.78 is 0. The zero-order chi connectivity index (χ0) is 14.5. The van der Waals surface area contributed by atoms with E-state index in [0.29, 0.717) is 19.0 Å². The largest absolute Gasteiger partial charge is 0.480 e. The minimum Gasteiger partial charge on any atom is -0.480 e. The Morgan fingerprint density at radius 1 is 1.20 bits per heavy atom. The lowest BCUT2D eigenvalue weighted by Gasteiger charge is -2.33. The maximum Gasteiger partial charge on any atom is 0.317 e. The first-order valence-electron chi connectivity index (χ1n) is 7.54. The molecule has 114 valence electrons. The highest BCUT2D eigenvalue weighted by atomic mass is 16.4. The van der Waals surface area contributed by atoms with Crippen LogP contribution in [0, 0.1) is 5.92 Å². The number of aliphatic carboxylic acids is 1. The Morgan fingerprint density at radius 2 is 2.00 bits per heavy atom. The van der Waals surface area contributed by atoms with E-state index in [1.54, 1.807) is 0 Å². The highest BCUT2D eigenvalue weighted by Gasteiger charge is 2.31. The monoisotopic (exact) mass is 283 g/mol. The van der Waals surface area contributed by atoms with Crippen molar-refractivity contribution < 1.29 is 14.7 Å². The van der Waals surface area contributed by atoms with Gasteiger partial charge >= 0.3 is 5.97 Å². The summed E-state index contributed by atoms with van der Waals surface area (Å²) in [7, 11) is 0. The first-order chi connectivity index (χ1) is 9.58. The van der Waals surface area contributed by atoms with Crippen molar-refractivity contribution in [2.24, 2.45) is 5.92 Å². The van der Waals surface area contributed by atoms with Crippen molar-refractivity contribution in [3.63, 3.8) is 0 Å². The van der Waals surface area contributed by atoms with Crippen molar-refractivity contribution in [2.45, 2.75) is 32.2 Å². The van der Waals surface area contributed by atoms with Crippen LogP contribution in [0.25, 0.3) is 0 Å². The van der Waals surface area contributed by atoms with E-state index in [1.165, 1.54) is 0 Å². The molecule has 2 aliphatic rings. The highest BCUT2D eigenvalue weighted by Crippen LogP contribution is 2.18. The summed E-state index contributed by atoms with van der Waals surface area (Å²) in [5, 5.41) is 12.2. The number of piperidine rings is 1. The molecule has 2 N–H and O–H groups in total. The lowest BCUT2D eigenvalue weighted by atomic mass is 9.92. The van der Waals surface area contributed by atoms with E-state index in [-0.39, 0.29) is 18.5 Å². The maximum absolute atomic E-state index is 12.6. The predicted octanol–water partition coefficient (Wildman–Crippen LogP) is -0.00660. The van der Waals surface area contributed by atoms with Crippen molar-refractivity contribution in [3.8, 4) is 0 Å². The van der Waals surface area contributed by atoms with Crippen LogP contribution >= 0.6 is 0 Å². The Bertz CT molecular complexity index is 362. The summed E-state index contributed by atoms with van der Waals surface area (Å²) >= 11 is 0. The van der Waals surface area contributed by atoms with Crippen molar-refractivity contribution in [1.29, 1.82) is 0 Å². The quantitative estimate of drug-likeness (QED) is 0.762. The van der Waals surface area contributed by atoms with Crippen LogP contribution in [0.1, 0.15) is 26.2 Å². The summed E-state index contributed by atoms with van der Waals surface area (Å²) in [4.78, 5) is 27.1. The second-order valence-corrected chi connectivity index (χ2v) is 5.90. The molecule has 0 bridgehead atoms. The van der Waals surface area contributed by atoms with Gasteiger partial charge in [-0.15, -0.1) is 0 Å². The van der Waals surface area contributed by atoms with Crippen LogP contribution in [-0.4, -0.2) is 72.1 Å². The van der Waals surface area contributed by atoms with Gasteiger partial charge in [0.05, 0.1) is 12.6 Å². The van der Waals surface area contributed by atoms with Crippen molar-refractivity contribution in [2.75, 3.05) is 39.3 Å². The third-order valence-electron chi connectivity index (χ3n) is 4.29. The number of nitrogens with zero attached hydrogens (tertiary/aromatic N) is 2. The Kier molecular flexibility index (Phi) is 5.37. The van der Waals surface area contributed by atoms with Crippen LogP contribution in [0.2, 0.25) is 0 Å². The molecule has 2 rings (SSSR count). The van der Waals surface area contributed by atoms with E-state index in [2.05, 4.69) is 12.2 Å². The fraction of sp³-hybridized carbons (Fsp3) is 0.857. The van der Waals surface area contributed by atoms with Crippen molar-refractivity contribution in [1.82, 2.24) is 15.1 Å². The molecule has 2 aliphatic heterocycles. The van der Waals surface area contributed by atoms with Crippen LogP contribution in [0.5, 0.6) is 0 Å². The summed E-state index contributed by atoms with van der Waals surface area (Å²) in [6.45, 7) is 5.89. The molecule has 20 heavy (non-hydrogen) atoms. The van der Waals surface area contributed by atoms with Gasteiger partial charge in [0, 0.05) is 26.2 Å². The van der Waals surface area contributed by atoms with Gasteiger partial charge in [-0.1, -0.05) is 6.92 Å². The Labute approximate surface area is 120 Å². The summed E-state index contributed by atoms with van der Waals surface area (Å²) in [6, 6.07) is -0.0604. The van der Waals surface area contributed by atoms with Gasteiger partial charge in [-0.3, -0.25) is 14.5 Å². The molecule has 2 heterocycles. The molecule has 2 saturated heterocycles. The number of amides is 1. The minimum absolute atomic E-state index is 0.0604. The Hall–Kier alpha value is -1.14. The van der Waals surface area contributed by atoms with Gasteiger partial charge in [-0.2, -0.15) is 0 Å². The van der Waals surface area contributed by atoms with E-state index in [4.69, 9.17) is 5.11 Å². The smallest absolute Gasteiger partial charge is 0.317 e. The number of carbonyl (C=O) groups is 2. The standard InChI is InChI=1S/C14H25N3O3/c1-11-4-2-5-15-13(11)14(20)17-7-3-6-16(8-9-17)10-12(18)19/h11,13,15H,2-10H2,1H3,(H,18,19). The van der Waals surface area contributed by atoms with Crippen molar-refractivity contribution >= 4 is 11.9 Å². The molecule has 1 amide bonds. The molecule has 0 aliphatic carbocycles. The molecule has 0 aromatic rings. The number of carbonyl (C=O) groups excluding carboxylic acids is 1. The molecule has 2 atom stereocenters. The normalized spacial score (nSPS) is 28.9. The Morgan fingerprint density at radius 3 is 2.70 bits per heavy atom. The second kappa shape index (κ2) is 7.04. The van der Waals surface area contributed by atoms with Gasteiger partial charge in [0.15, 0.2) is 0 Å². The van der Waals surface area contributed by atoms with Crippen LogP contribution in [0.4, 0.5) is 0 Å². The van der Waals surface area contributed by atoms with E-state index in [9.17, 15) is 9.59 Å². The molecule has 6 heteroatoms. The van der Waals surface area contributed by atoms with Gasteiger partial charge < -0.3 is 15.3 Å². The summed E-state index contributed by atoms with van der Waals surface area (Å²) in [5.74, 6) is -0.226. The lowest BCUT2D eigenvalue weighted by Crippen LogP contribution is -2.53. The van der Waals surface area contributed by atoms with E-state index in [0.717, 1.165) is 38.9 Å². The fourth-order valence-corrected chi connectivity index (χ4v) is 3.12. The number of carboxylic acid groups (broad SMARTS) is 1. The van der Waals surface area contributed by atoms with Gasteiger partial charge in [0.2, 0.25) is 5.91 Å². The molecule has 2 unspecified atom stereocenters. The second-order valence-electron chi connectivity index (χ2n) is 5.90. The zero-order valence-corrected chi connectivity index (χ0v) is 12.2. The van der Waals surface area contributed by atoms with E-state index in [1.807, 2.05) is 9.80 Å². The van der Waals surface area contributed by atoms with Crippen LogP contribution in [-0.2, 0) is 9.59 Å². The average Bonchev–Trinajstić information content (AvgIpc) is 2.63. The third kappa shape index (κ3) is 3.93. The zero-order valence-electron chi connectivity index (χ0n) is 12.2. The van der Waals surface area contributed by atoms with Crippen molar-refractivity contribution in [3.05, 3.63) is 0 Å². The molecule has 0 aromatic heterocycles. The average molecular weight is 283 g/mol. The predicted molar refractivity (Wildman–Crippen MR) is 75.5 cm³/mol. The summed E-state index contributed by atoms with van der Waals surface area (Å²) in [6.07, 6.45) is 3.08. The Balaban J connectivity index is 1.89. The molecule has 6 nitrogen and oxygen atoms in total. The van der Waals surface area contributed by atoms with Gasteiger partial charge in [0.1, 0.15) is 0 Å². The van der Waals surface area contributed by atoms with E-state index >= 15 is 0 Å². The molecular formula is C14H25N3O3. The number of carboxylic acids is 1. The first-order valence-corrected chi connectivity index (χ1v) is 7.54. The van der Waals surface area contributed by atoms with E-state index < -0.39 is 5.97 Å². The number of nitrogens with one attached hydrogen (secondary N) is 1. The van der Waals surface area contributed by atoms with Gasteiger partial charge in [0.25, 0.3) is 0 Å². The topological polar surface area (TPSA) is 72.9 Å². The molecule has 0 radical (unpaired) electrons. The third-order valence-corrected chi connectivity index (χ3v) is 4.29. The SMILES string of the molecule is CC1CCCNC1C(=O)N1CCCN(CC(=O)O)CC1. The lowest BCUT2D eigenvalue weighted by molar-refractivity contribution is -0.138. The number of rotatable bonds is 3. The minimum atomic E-state index is -0.799. The molecular weight excluding hydrogens is 258 g/mol.